The van der Waals surface area contributed by atoms with Crippen LogP contribution in [0.3, 0.4) is 0 Å². The molecular weight excluding hydrogens is 198 g/mol. The Morgan fingerprint density at radius 3 is 2.86 bits per heavy atom. The molecule has 0 bridgehead atoms. The van der Waals surface area contributed by atoms with Crippen molar-refractivity contribution < 1.29 is 4.42 Å². The second-order valence-electron chi connectivity index (χ2n) is 3.33. The van der Waals surface area contributed by atoms with Gasteiger partial charge in [-0.3, -0.25) is 4.57 Å². The number of oxazole rings is 1. The Hall–Kier alpha value is -1.16. The maximum absolute atomic E-state index is 11.2. The average molecular weight is 209 g/mol. The molecule has 1 atom stereocenters. The van der Waals surface area contributed by atoms with E-state index in [1.54, 1.807) is 13.1 Å². The summed E-state index contributed by atoms with van der Waals surface area (Å²) >= 11 is 4.34. The first-order chi connectivity index (χ1) is 6.59. The van der Waals surface area contributed by atoms with Crippen LogP contribution in [0.1, 0.15) is 17.7 Å². The highest BCUT2D eigenvalue weighted by Gasteiger charge is 2.07. The lowest BCUT2D eigenvalue weighted by atomic mass is 10.1. The van der Waals surface area contributed by atoms with E-state index < -0.39 is 0 Å². The van der Waals surface area contributed by atoms with Gasteiger partial charge in [-0.2, -0.15) is 12.6 Å². The zero-order valence-corrected chi connectivity index (χ0v) is 8.91. The standard InChI is InChI=1S/C10H11NO2S/c1-6(14)7-3-4-9-8(5-7)11(2)10(12)13-9/h3-6,14H,1-2H3. The van der Waals surface area contributed by atoms with Gasteiger partial charge in [-0.25, -0.2) is 4.79 Å². The predicted octanol–water partition coefficient (Wildman–Crippen LogP) is 2.12. The predicted molar refractivity (Wildman–Crippen MR) is 58.9 cm³/mol. The number of aromatic nitrogens is 1. The zero-order valence-electron chi connectivity index (χ0n) is 8.02. The number of fused-ring (bicyclic) bond motifs is 1. The molecule has 0 amide bonds. The molecule has 74 valence electrons. The Bertz CT molecular complexity index is 524. The van der Waals surface area contributed by atoms with Crippen LogP contribution in [0.2, 0.25) is 0 Å². The summed E-state index contributed by atoms with van der Waals surface area (Å²) in [6, 6.07) is 5.65. The summed E-state index contributed by atoms with van der Waals surface area (Å²) in [5.41, 5.74) is 2.51. The van der Waals surface area contributed by atoms with E-state index in [0.717, 1.165) is 11.1 Å². The Labute approximate surface area is 86.7 Å². The number of hydrogen-bond donors (Lipinski definition) is 1. The fourth-order valence-corrected chi connectivity index (χ4v) is 1.56. The molecule has 1 aromatic carbocycles. The molecule has 0 radical (unpaired) electrons. The Kier molecular flexibility index (Phi) is 2.15. The molecule has 3 nitrogen and oxygen atoms in total. The summed E-state index contributed by atoms with van der Waals surface area (Å²) in [5, 5.41) is 0.157. The van der Waals surface area contributed by atoms with Gasteiger partial charge in [0.25, 0.3) is 0 Å². The van der Waals surface area contributed by atoms with Crippen molar-refractivity contribution in [3.8, 4) is 0 Å². The van der Waals surface area contributed by atoms with Gasteiger partial charge < -0.3 is 4.42 Å². The number of aryl methyl sites for hydroxylation is 1. The average Bonchev–Trinajstić information content (AvgIpc) is 2.43. The lowest BCUT2D eigenvalue weighted by Crippen LogP contribution is -2.08. The first kappa shape index (κ1) is 9.40. The van der Waals surface area contributed by atoms with Crippen LogP contribution in [-0.2, 0) is 7.05 Å². The van der Waals surface area contributed by atoms with Crippen molar-refractivity contribution in [1.29, 1.82) is 0 Å². The molecule has 2 aromatic rings. The number of hydrogen-bond acceptors (Lipinski definition) is 3. The van der Waals surface area contributed by atoms with E-state index in [-0.39, 0.29) is 11.0 Å². The third-order valence-corrected chi connectivity index (χ3v) is 2.60. The fourth-order valence-electron chi connectivity index (χ4n) is 1.40. The van der Waals surface area contributed by atoms with Gasteiger partial charge in [-0.05, 0) is 24.6 Å². The van der Waals surface area contributed by atoms with Crippen molar-refractivity contribution in [3.63, 3.8) is 0 Å². The topological polar surface area (TPSA) is 35.1 Å². The third kappa shape index (κ3) is 1.35. The quantitative estimate of drug-likeness (QED) is 0.730. The van der Waals surface area contributed by atoms with Gasteiger partial charge in [0.2, 0.25) is 0 Å². The van der Waals surface area contributed by atoms with E-state index in [1.165, 1.54) is 4.57 Å². The first-order valence-electron chi connectivity index (χ1n) is 4.37. The van der Waals surface area contributed by atoms with E-state index in [4.69, 9.17) is 4.42 Å². The molecule has 0 aliphatic rings. The van der Waals surface area contributed by atoms with Gasteiger partial charge in [-0.15, -0.1) is 0 Å². The van der Waals surface area contributed by atoms with Crippen molar-refractivity contribution in [3.05, 3.63) is 34.3 Å². The lowest BCUT2D eigenvalue weighted by Gasteiger charge is -2.03. The van der Waals surface area contributed by atoms with E-state index >= 15 is 0 Å². The van der Waals surface area contributed by atoms with Gasteiger partial charge in [-0.1, -0.05) is 6.07 Å². The highest BCUT2D eigenvalue weighted by atomic mass is 32.1. The van der Waals surface area contributed by atoms with E-state index in [9.17, 15) is 4.79 Å². The lowest BCUT2D eigenvalue weighted by molar-refractivity contribution is 0.528. The van der Waals surface area contributed by atoms with Crippen molar-refractivity contribution in [2.75, 3.05) is 0 Å². The summed E-state index contributed by atoms with van der Waals surface area (Å²) in [7, 11) is 1.70. The van der Waals surface area contributed by atoms with Gasteiger partial charge >= 0.3 is 5.76 Å². The number of rotatable bonds is 1. The molecule has 0 aliphatic heterocycles. The molecule has 1 unspecified atom stereocenters. The fraction of sp³-hybridized carbons (Fsp3) is 0.300. The van der Waals surface area contributed by atoms with Crippen LogP contribution in [-0.4, -0.2) is 4.57 Å². The maximum Gasteiger partial charge on any atom is 0.419 e. The molecule has 14 heavy (non-hydrogen) atoms. The Morgan fingerprint density at radius 1 is 1.50 bits per heavy atom. The van der Waals surface area contributed by atoms with Crippen LogP contribution < -0.4 is 5.76 Å². The molecule has 2 rings (SSSR count). The summed E-state index contributed by atoms with van der Waals surface area (Å²) in [6.07, 6.45) is 0. The van der Waals surface area contributed by atoms with Gasteiger partial charge in [0.15, 0.2) is 5.58 Å². The summed E-state index contributed by atoms with van der Waals surface area (Å²) < 4.78 is 6.51. The van der Waals surface area contributed by atoms with E-state index in [2.05, 4.69) is 12.6 Å². The molecule has 0 fully saturated rings. The van der Waals surface area contributed by atoms with Crippen LogP contribution in [0.5, 0.6) is 0 Å². The Morgan fingerprint density at radius 2 is 2.21 bits per heavy atom. The van der Waals surface area contributed by atoms with Crippen LogP contribution >= 0.6 is 12.6 Å². The highest BCUT2D eigenvalue weighted by Crippen LogP contribution is 2.22. The minimum absolute atomic E-state index is 0.157. The van der Waals surface area contributed by atoms with Crippen LogP contribution in [0, 0.1) is 0 Å². The zero-order chi connectivity index (χ0) is 10.3. The minimum atomic E-state index is -0.330. The molecule has 0 saturated heterocycles. The molecule has 4 heteroatoms. The molecule has 1 aromatic heterocycles. The van der Waals surface area contributed by atoms with Crippen molar-refractivity contribution >= 4 is 23.7 Å². The molecule has 0 spiro atoms. The second kappa shape index (κ2) is 3.20. The van der Waals surface area contributed by atoms with E-state index in [0.29, 0.717) is 5.58 Å². The summed E-state index contributed by atoms with van der Waals surface area (Å²) in [6.45, 7) is 1.99. The molecule has 0 saturated carbocycles. The molecule has 0 aliphatic carbocycles. The third-order valence-electron chi connectivity index (χ3n) is 2.30. The Balaban J connectivity index is 2.76. The van der Waals surface area contributed by atoms with Crippen LogP contribution in [0.15, 0.2) is 27.4 Å². The normalized spacial score (nSPS) is 13.4. The van der Waals surface area contributed by atoms with Gasteiger partial charge in [0, 0.05) is 12.3 Å². The van der Waals surface area contributed by atoms with Gasteiger partial charge in [0.05, 0.1) is 5.52 Å². The molecular formula is C10H11NO2S. The second-order valence-corrected chi connectivity index (χ2v) is 4.10. The van der Waals surface area contributed by atoms with Gasteiger partial charge in [0.1, 0.15) is 0 Å². The minimum Gasteiger partial charge on any atom is -0.408 e. The van der Waals surface area contributed by atoms with Crippen LogP contribution in [0.4, 0.5) is 0 Å². The van der Waals surface area contributed by atoms with Crippen LogP contribution in [0.25, 0.3) is 11.1 Å². The molecule has 0 N–H and O–H groups in total. The van der Waals surface area contributed by atoms with E-state index in [1.807, 2.05) is 19.1 Å². The van der Waals surface area contributed by atoms with Crippen molar-refractivity contribution in [2.45, 2.75) is 12.2 Å². The first-order valence-corrected chi connectivity index (χ1v) is 4.89. The van der Waals surface area contributed by atoms with Crippen molar-refractivity contribution in [2.24, 2.45) is 7.05 Å². The smallest absolute Gasteiger partial charge is 0.408 e. The molecule has 1 heterocycles. The largest absolute Gasteiger partial charge is 0.419 e. The SMILES string of the molecule is CC(S)c1ccc2oc(=O)n(C)c2c1. The number of thiol groups is 1. The summed E-state index contributed by atoms with van der Waals surface area (Å²) in [4.78, 5) is 11.2. The van der Waals surface area contributed by atoms with Crippen molar-refractivity contribution in [1.82, 2.24) is 4.57 Å². The maximum atomic E-state index is 11.2. The number of benzene rings is 1. The number of nitrogens with zero attached hydrogens (tertiary/aromatic N) is 1. The highest BCUT2D eigenvalue weighted by molar-refractivity contribution is 7.80. The monoisotopic (exact) mass is 209 g/mol. The summed E-state index contributed by atoms with van der Waals surface area (Å²) in [5.74, 6) is -0.330.